The second kappa shape index (κ2) is 8.52. The van der Waals surface area contributed by atoms with Crippen LogP contribution in [-0.4, -0.2) is 68.6 Å². The van der Waals surface area contributed by atoms with Crippen LogP contribution in [-0.2, 0) is 6.54 Å². The van der Waals surface area contributed by atoms with E-state index in [2.05, 4.69) is 48.0 Å². The van der Waals surface area contributed by atoms with Crippen LogP contribution in [0, 0.1) is 6.92 Å². The van der Waals surface area contributed by atoms with Gasteiger partial charge in [0.2, 0.25) is 5.78 Å². The molecule has 1 fully saturated rings. The minimum Gasteiger partial charge on any atom is -0.304 e. The van der Waals surface area contributed by atoms with Gasteiger partial charge in [-0.1, -0.05) is 22.0 Å². The van der Waals surface area contributed by atoms with Gasteiger partial charge in [-0.05, 0) is 44.3 Å². The first-order valence-electron chi connectivity index (χ1n) is 9.60. The van der Waals surface area contributed by atoms with Crippen LogP contribution in [0.4, 0.5) is 0 Å². The zero-order valence-corrected chi connectivity index (χ0v) is 18.1. The highest BCUT2D eigenvalue weighted by Crippen LogP contribution is 2.25. The van der Waals surface area contributed by atoms with Gasteiger partial charge in [-0.3, -0.25) is 19.2 Å². The minimum atomic E-state index is -0.124. The van der Waals surface area contributed by atoms with Crippen molar-refractivity contribution in [1.82, 2.24) is 29.5 Å². The van der Waals surface area contributed by atoms with Crippen molar-refractivity contribution in [3.8, 4) is 5.69 Å². The highest BCUT2D eigenvalue weighted by molar-refractivity contribution is 9.10. The number of nitrogens with zero attached hydrogens (tertiary/aromatic N) is 6. The fourth-order valence-electron chi connectivity index (χ4n) is 3.55. The van der Waals surface area contributed by atoms with Crippen molar-refractivity contribution in [1.29, 1.82) is 0 Å². The number of carbonyl (C=O) groups is 1. The van der Waals surface area contributed by atoms with Gasteiger partial charge >= 0.3 is 0 Å². The van der Waals surface area contributed by atoms with E-state index >= 15 is 0 Å². The zero-order chi connectivity index (χ0) is 20.4. The molecule has 150 valence electrons. The van der Waals surface area contributed by atoms with Gasteiger partial charge in [-0.15, -0.1) is 10.2 Å². The molecule has 0 radical (unpaired) electrons. The molecule has 0 N–H and O–H groups in total. The third-order valence-corrected chi connectivity index (χ3v) is 5.69. The van der Waals surface area contributed by atoms with Crippen LogP contribution in [0.15, 0.2) is 47.1 Å². The topological polar surface area (TPSA) is 67.2 Å². The first-order valence-corrected chi connectivity index (χ1v) is 10.4. The average Bonchev–Trinajstić information content (AvgIpc) is 3.09. The van der Waals surface area contributed by atoms with Crippen LogP contribution in [0.3, 0.4) is 0 Å². The van der Waals surface area contributed by atoms with Gasteiger partial charge in [0.15, 0.2) is 5.82 Å². The summed E-state index contributed by atoms with van der Waals surface area (Å²) in [6.07, 6.45) is 1.63. The Morgan fingerprint density at radius 2 is 1.90 bits per heavy atom. The van der Waals surface area contributed by atoms with E-state index in [0.29, 0.717) is 17.8 Å². The Morgan fingerprint density at radius 3 is 2.62 bits per heavy atom. The Hall–Kier alpha value is -2.42. The van der Waals surface area contributed by atoms with Crippen molar-refractivity contribution in [2.24, 2.45) is 0 Å². The highest BCUT2D eigenvalue weighted by Gasteiger charge is 2.22. The molecule has 1 aliphatic rings. The molecule has 2 aromatic heterocycles. The Bertz CT molecular complexity index is 1010. The molecule has 0 atom stereocenters. The molecule has 1 saturated heterocycles. The lowest BCUT2D eigenvalue weighted by Gasteiger charge is -2.32. The van der Waals surface area contributed by atoms with E-state index in [0.717, 1.165) is 48.0 Å². The number of aryl methyl sites for hydroxylation is 1. The number of rotatable bonds is 5. The van der Waals surface area contributed by atoms with Gasteiger partial charge in [0, 0.05) is 42.4 Å². The van der Waals surface area contributed by atoms with Crippen LogP contribution < -0.4 is 0 Å². The van der Waals surface area contributed by atoms with Crippen molar-refractivity contribution in [2.75, 3.05) is 33.2 Å². The van der Waals surface area contributed by atoms with Gasteiger partial charge in [0.1, 0.15) is 11.5 Å². The molecule has 0 bridgehead atoms. The molecule has 29 heavy (non-hydrogen) atoms. The van der Waals surface area contributed by atoms with Crippen LogP contribution in [0.5, 0.6) is 0 Å². The van der Waals surface area contributed by atoms with Crippen molar-refractivity contribution in [3.05, 3.63) is 70.0 Å². The normalized spacial score (nSPS) is 15.6. The van der Waals surface area contributed by atoms with Crippen molar-refractivity contribution < 1.29 is 4.79 Å². The van der Waals surface area contributed by atoms with E-state index in [4.69, 9.17) is 0 Å². The number of hydrogen-bond acceptors (Lipinski definition) is 6. The Balaban J connectivity index is 1.72. The van der Waals surface area contributed by atoms with Crippen molar-refractivity contribution in [2.45, 2.75) is 13.5 Å². The van der Waals surface area contributed by atoms with Crippen molar-refractivity contribution in [3.63, 3.8) is 0 Å². The third kappa shape index (κ3) is 4.29. The van der Waals surface area contributed by atoms with E-state index in [1.165, 1.54) is 0 Å². The Kier molecular flexibility index (Phi) is 5.84. The summed E-state index contributed by atoms with van der Waals surface area (Å²) in [5.74, 6) is 1.47. The molecule has 7 nitrogen and oxygen atoms in total. The quantitative estimate of drug-likeness (QED) is 0.552. The van der Waals surface area contributed by atoms with Crippen molar-refractivity contribution >= 4 is 21.7 Å². The van der Waals surface area contributed by atoms with E-state index in [1.807, 2.05) is 35.8 Å². The molecule has 1 aliphatic heterocycles. The molecule has 0 amide bonds. The number of benzene rings is 1. The number of hydrogen-bond donors (Lipinski definition) is 0. The molecule has 8 heteroatoms. The van der Waals surface area contributed by atoms with Gasteiger partial charge < -0.3 is 4.90 Å². The predicted octanol–water partition coefficient (Wildman–Crippen LogP) is 2.71. The summed E-state index contributed by atoms with van der Waals surface area (Å²) in [4.78, 5) is 22.1. The fourth-order valence-corrected chi connectivity index (χ4v) is 3.91. The summed E-state index contributed by atoms with van der Waals surface area (Å²) in [6, 6.07) is 11.1. The Morgan fingerprint density at radius 1 is 1.10 bits per heavy atom. The molecular formula is C21H23BrN6O. The van der Waals surface area contributed by atoms with Crippen LogP contribution in [0.1, 0.15) is 27.7 Å². The lowest BCUT2D eigenvalue weighted by Crippen LogP contribution is -2.44. The third-order valence-electron chi connectivity index (χ3n) is 5.19. The SMILES string of the molecule is Cc1nnc(CN2CCN(C)CC2)n1-c1ccc(Br)cc1C(=O)c1ccccn1. The van der Waals surface area contributed by atoms with Crippen LogP contribution in [0.2, 0.25) is 0 Å². The lowest BCUT2D eigenvalue weighted by atomic mass is 10.0. The van der Waals surface area contributed by atoms with E-state index < -0.39 is 0 Å². The number of aromatic nitrogens is 4. The maximum atomic E-state index is 13.2. The first kappa shape index (κ1) is 19.9. The minimum absolute atomic E-state index is 0.124. The van der Waals surface area contributed by atoms with Gasteiger partial charge in [0.05, 0.1) is 12.2 Å². The molecule has 0 aliphatic carbocycles. The second-order valence-electron chi connectivity index (χ2n) is 7.28. The standard InChI is InChI=1S/C21H23BrN6O/c1-15-24-25-20(14-27-11-9-26(2)10-12-27)28(15)19-7-6-16(22)13-17(19)21(29)18-5-3-4-8-23-18/h3-8,13H,9-12,14H2,1-2H3. The summed E-state index contributed by atoms with van der Waals surface area (Å²) in [6.45, 7) is 6.66. The average molecular weight is 455 g/mol. The maximum Gasteiger partial charge on any atom is 0.213 e. The second-order valence-corrected chi connectivity index (χ2v) is 8.20. The summed E-state index contributed by atoms with van der Waals surface area (Å²) >= 11 is 3.50. The first-order chi connectivity index (χ1) is 14.0. The number of ketones is 1. The molecule has 3 aromatic rings. The largest absolute Gasteiger partial charge is 0.304 e. The molecule has 3 heterocycles. The van der Waals surface area contributed by atoms with Gasteiger partial charge in [0.25, 0.3) is 0 Å². The maximum absolute atomic E-state index is 13.2. The zero-order valence-electron chi connectivity index (χ0n) is 16.5. The van der Waals surface area contributed by atoms with Crippen LogP contribution in [0.25, 0.3) is 5.69 Å². The predicted molar refractivity (Wildman–Crippen MR) is 114 cm³/mol. The smallest absolute Gasteiger partial charge is 0.213 e. The molecule has 4 rings (SSSR count). The van der Waals surface area contributed by atoms with E-state index in [-0.39, 0.29) is 5.78 Å². The van der Waals surface area contributed by atoms with Gasteiger partial charge in [-0.2, -0.15) is 0 Å². The molecule has 0 unspecified atom stereocenters. The molecule has 1 aromatic carbocycles. The Labute approximate surface area is 178 Å². The summed E-state index contributed by atoms with van der Waals surface area (Å²) in [7, 11) is 2.14. The summed E-state index contributed by atoms with van der Waals surface area (Å²) in [5, 5.41) is 8.73. The number of halogens is 1. The monoisotopic (exact) mass is 454 g/mol. The number of likely N-dealkylation sites (N-methyl/N-ethyl adjacent to an activating group) is 1. The summed E-state index contributed by atoms with van der Waals surface area (Å²) in [5.41, 5.74) is 1.76. The van der Waals surface area contributed by atoms with Gasteiger partial charge in [-0.25, -0.2) is 0 Å². The number of piperazine rings is 1. The fraction of sp³-hybridized carbons (Fsp3) is 0.333. The molecule has 0 spiro atoms. The summed E-state index contributed by atoms with van der Waals surface area (Å²) < 4.78 is 2.83. The molecule has 0 saturated carbocycles. The number of pyridine rings is 1. The lowest BCUT2D eigenvalue weighted by molar-refractivity contribution is 0.103. The number of carbonyl (C=O) groups excluding carboxylic acids is 1. The van der Waals surface area contributed by atoms with E-state index in [9.17, 15) is 4.79 Å². The highest BCUT2D eigenvalue weighted by atomic mass is 79.9. The van der Waals surface area contributed by atoms with Crippen LogP contribution >= 0.6 is 15.9 Å². The van der Waals surface area contributed by atoms with E-state index in [1.54, 1.807) is 18.3 Å². The molecular weight excluding hydrogens is 432 g/mol.